The first-order valence-corrected chi connectivity index (χ1v) is 9.78. The van der Waals surface area contributed by atoms with Crippen molar-refractivity contribution in [1.82, 2.24) is 4.98 Å². The second-order valence-electron chi connectivity index (χ2n) is 5.90. The van der Waals surface area contributed by atoms with E-state index in [1.54, 1.807) is 26.2 Å². The molecule has 146 valence electrons. The third kappa shape index (κ3) is 4.80. The minimum Gasteiger partial charge on any atom is -0.497 e. The molecule has 0 radical (unpaired) electrons. The maximum absolute atomic E-state index is 12.5. The maximum Gasteiger partial charge on any atom is 0.266 e. The number of amides is 1. The molecule has 3 aromatic rings. The Balaban J connectivity index is 1.66. The van der Waals surface area contributed by atoms with Crippen molar-refractivity contribution in [1.29, 1.82) is 0 Å². The first kappa shape index (κ1) is 19.7. The number of ether oxygens (including phenoxy) is 3. The number of hydrogen-bond acceptors (Lipinski definition) is 6. The van der Waals surface area contributed by atoms with Gasteiger partial charge in [0.2, 0.25) is 0 Å². The van der Waals surface area contributed by atoms with Crippen LogP contribution in [-0.2, 0) is 4.79 Å². The van der Waals surface area contributed by atoms with E-state index < -0.39 is 6.10 Å². The highest BCUT2D eigenvalue weighted by molar-refractivity contribution is 7.14. The van der Waals surface area contributed by atoms with Crippen molar-refractivity contribution in [3.63, 3.8) is 0 Å². The molecule has 0 bridgehead atoms. The minimum absolute atomic E-state index is 0.276. The lowest BCUT2D eigenvalue weighted by Gasteiger charge is -2.14. The molecule has 1 unspecified atom stereocenters. The summed E-state index contributed by atoms with van der Waals surface area (Å²) in [5.41, 5.74) is 1.65. The van der Waals surface area contributed by atoms with E-state index in [2.05, 4.69) is 10.3 Å². The van der Waals surface area contributed by atoms with E-state index in [9.17, 15) is 4.79 Å². The molecule has 1 atom stereocenters. The normalized spacial score (nSPS) is 11.5. The van der Waals surface area contributed by atoms with Crippen molar-refractivity contribution in [3.8, 4) is 28.5 Å². The van der Waals surface area contributed by atoms with Crippen LogP contribution in [0.4, 0.5) is 5.13 Å². The summed E-state index contributed by atoms with van der Waals surface area (Å²) in [4.78, 5) is 17.0. The quantitative estimate of drug-likeness (QED) is 0.599. The molecule has 1 heterocycles. The highest BCUT2D eigenvalue weighted by Gasteiger charge is 2.17. The highest BCUT2D eigenvalue weighted by Crippen LogP contribution is 2.32. The van der Waals surface area contributed by atoms with Gasteiger partial charge in [-0.2, -0.15) is 0 Å². The van der Waals surface area contributed by atoms with E-state index in [4.69, 9.17) is 14.2 Å². The molecule has 1 N–H and O–H groups in total. The van der Waals surface area contributed by atoms with E-state index in [1.807, 2.05) is 48.7 Å². The zero-order chi connectivity index (χ0) is 19.9. The number of carbonyl (C=O) groups is 1. The molecule has 3 rings (SSSR count). The van der Waals surface area contributed by atoms with Crippen LogP contribution in [-0.4, -0.2) is 30.7 Å². The van der Waals surface area contributed by atoms with Gasteiger partial charge in [0.25, 0.3) is 5.91 Å². The van der Waals surface area contributed by atoms with Gasteiger partial charge in [-0.15, -0.1) is 11.3 Å². The van der Waals surface area contributed by atoms with Crippen molar-refractivity contribution in [2.45, 2.75) is 20.0 Å². The fourth-order valence-corrected chi connectivity index (χ4v) is 3.27. The predicted octanol–water partition coefficient (Wildman–Crippen LogP) is 4.62. The Morgan fingerprint density at radius 3 is 2.75 bits per heavy atom. The number of methoxy groups -OCH3 is 1. The third-order valence-corrected chi connectivity index (χ3v) is 4.68. The smallest absolute Gasteiger partial charge is 0.266 e. The maximum atomic E-state index is 12.5. The van der Waals surface area contributed by atoms with E-state index >= 15 is 0 Å². The molecular weight excluding hydrogens is 376 g/mol. The summed E-state index contributed by atoms with van der Waals surface area (Å²) in [7, 11) is 1.58. The average molecular weight is 398 g/mol. The number of nitrogens with one attached hydrogen (secondary N) is 1. The van der Waals surface area contributed by atoms with Gasteiger partial charge in [-0.1, -0.05) is 18.2 Å². The summed E-state index contributed by atoms with van der Waals surface area (Å²) < 4.78 is 16.5. The predicted molar refractivity (Wildman–Crippen MR) is 110 cm³/mol. The lowest BCUT2D eigenvalue weighted by molar-refractivity contribution is -0.122. The minimum atomic E-state index is -0.685. The molecule has 28 heavy (non-hydrogen) atoms. The van der Waals surface area contributed by atoms with Crippen LogP contribution in [0.3, 0.4) is 0 Å². The highest BCUT2D eigenvalue weighted by atomic mass is 32.1. The van der Waals surface area contributed by atoms with Crippen molar-refractivity contribution in [3.05, 3.63) is 53.9 Å². The summed E-state index contributed by atoms with van der Waals surface area (Å²) in [6.45, 7) is 4.20. The number of anilines is 1. The zero-order valence-corrected chi connectivity index (χ0v) is 16.8. The Bertz CT molecular complexity index is 941. The Kier molecular flexibility index (Phi) is 6.49. The molecule has 0 aliphatic rings. The van der Waals surface area contributed by atoms with Gasteiger partial charge in [-0.3, -0.25) is 10.1 Å². The summed E-state index contributed by atoms with van der Waals surface area (Å²) in [6, 6.07) is 14.8. The molecule has 0 fully saturated rings. The fraction of sp³-hybridized carbons (Fsp3) is 0.238. The number of benzene rings is 2. The number of aromatic nitrogens is 1. The van der Waals surface area contributed by atoms with Crippen LogP contribution in [0.5, 0.6) is 17.2 Å². The van der Waals surface area contributed by atoms with Gasteiger partial charge in [0.05, 0.1) is 19.4 Å². The monoisotopic (exact) mass is 398 g/mol. The molecule has 1 aromatic heterocycles. The van der Waals surface area contributed by atoms with Crippen LogP contribution in [0.1, 0.15) is 13.8 Å². The Labute approximate surface area is 168 Å². The van der Waals surface area contributed by atoms with E-state index in [0.29, 0.717) is 23.2 Å². The van der Waals surface area contributed by atoms with Crippen LogP contribution in [0.15, 0.2) is 53.9 Å². The van der Waals surface area contributed by atoms with Crippen LogP contribution in [0.25, 0.3) is 11.3 Å². The van der Waals surface area contributed by atoms with Crippen molar-refractivity contribution >= 4 is 22.4 Å². The SMILES string of the molecule is CCOc1ccccc1-c1csc(NC(=O)C(C)Oc2cccc(OC)c2)n1. The standard InChI is InChI=1S/C21H22N2O4S/c1-4-26-19-11-6-5-10-17(19)18-13-28-21(22-18)23-20(24)14(2)27-16-9-7-8-15(12-16)25-3/h5-14H,4H2,1-3H3,(H,22,23,24). The van der Waals surface area contributed by atoms with Gasteiger partial charge >= 0.3 is 0 Å². The molecular formula is C21H22N2O4S. The molecule has 0 aliphatic heterocycles. The fourth-order valence-electron chi connectivity index (χ4n) is 2.55. The van der Waals surface area contributed by atoms with E-state index in [-0.39, 0.29) is 5.91 Å². The lowest BCUT2D eigenvalue weighted by atomic mass is 10.1. The summed E-state index contributed by atoms with van der Waals surface area (Å²) >= 11 is 1.36. The van der Waals surface area contributed by atoms with Gasteiger partial charge in [-0.05, 0) is 38.1 Å². The zero-order valence-electron chi connectivity index (χ0n) is 16.0. The van der Waals surface area contributed by atoms with Crippen LogP contribution < -0.4 is 19.5 Å². The molecule has 7 heteroatoms. The second-order valence-corrected chi connectivity index (χ2v) is 6.75. The van der Waals surface area contributed by atoms with Gasteiger partial charge in [-0.25, -0.2) is 4.98 Å². The number of carbonyl (C=O) groups excluding carboxylic acids is 1. The number of thiazole rings is 1. The molecule has 2 aromatic carbocycles. The summed E-state index contributed by atoms with van der Waals surface area (Å²) in [5.74, 6) is 1.72. The first-order chi connectivity index (χ1) is 13.6. The van der Waals surface area contributed by atoms with Gasteiger partial charge in [0, 0.05) is 17.0 Å². The summed E-state index contributed by atoms with van der Waals surface area (Å²) in [5, 5.41) is 5.20. The van der Waals surface area contributed by atoms with Gasteiger partial charge < -0.3 is 14.2 Å². The van der Waals surface area contributed by atoms with Gasteiger partial charge in [0.15, 0.2) is 11.2 Å². The van der Waals surface area contributed by atoms with Crippen molar-refractivity contribution < 1.29 is 19.0 Å². The second kappa shape index (κ2) is 9.23. The van der Waals surface area contributed by atoms with Crippen LogP contribution >= 0.6 is 11.3 Å². The molecule has 0 aliphatic carbocycles. The van der Waals surface area contributed by atoms with E-state index in [0.717, 1.165) is 17.0 Å². The topological polar surface area (TPSA) is 69.7 Å². The number of rotatable bonds is 8. The van der Waals surface area contributed by atoms with Gasteiger partial charge in [0.1, 0.15) is 17.2 Å². The van der Waals surface area contributed by atoms with E-state index in [1.165, 1.54) is 11.3 Å². The lowest BCUT2D eigenvalue weighted by Crippen LogP contribution is -2.30. The van der Waals surface area contributed by atoms with Crippen LogP contribution in [0, 0.1) is 0 Å². The number of para-hydroxylation sites is 1. The Hall–Kier alpha value is -3.06. The van der Waals surface area contributed by atoms with Crippen LogP contribution in [0.2, 0.25) is 0 Å². The number of hydrogen-bond donors (Lipinski definition) is 1. The molecule has 0 saturated heterocycles. The molecule has 1 amide bonds. The molecule has 0 spiro atoms. The largest absolute Gasteiger partial charge is 0.497 e. The molecule has 0 saturated carbocycles. The first-order valence-electron chi connectivity index (χ1n) is 8.90. The third-order valence-electron chi connectivity index (χ3n) is 3.92. The van der Waals surface area contributed by atoms with Crippen molar-refractivity contribution in [2.75, 3.05) is 19.0 Å². The van der Waals surface area contributed by atoms with Crippen molar-refractivity contribution in [2.24, 2.45) is 0 Å². The Morgan fingerprint density at radius 1 is 1.18 bits per heavy atom. The summed E-state index contributed by atoms with van der Waals surface area (Å²) in [6.07, 6.45) is -0.685. The number of nitrogens with zero attached hydrogens (tertiary/aromatic N) is 1. The average Bonchev–Trinajstić information content (AvgIpc) is 3.17. The molecule has 6 nitrogen and oxygen atoms in total. The Morgan fingerprint density at radius 2 is 1.96 bits per heavy atom.